The van der Waals surface area contributed by atoms with E-state index in [1.165, 1.54) is 18.2 Å². The average Bonchev–Trinajstić information content (AvgIpc) is 3.27. The summed E-state index contributed by atoms with van der Waals surface area (Å²) in [4.78, 5) is 16.9. The first kappa shape index (κ1) is 20.7. The molecular weight excluding hydrogens is 414 g/mol. The van der Waals surface area contributed by atoms with E-state index in [4.69, 9.17) is 4.84 Å². The second-order valence-electron chi connectivity index (χ2n) is 8.16. The van der Waals surface area contributed by atoms with Gasteiger partial charge in [0.25, 0.3) is 5.91 Å². The largest absolute Gasteiger partial charge is 0.378 e. The number of anilines is 1. The standard InChI is InChI=1S/C26H23N5O2/c1-33-31-26(32)19-6-2-5-18(13-19)25-22-14-20(9-11-24(22)29-30-25)28-23-7-3-4-17-12-16(15-27)8-10-21(17)23/h2,5-6,8-14,23,28H,3-4,7H2,1H3,(H,29,30)(H,31,32). The third kappa shape index (κ3) is 4.04. The second-order valence-corrected chi connectivity index (χ2v) is 8.16. The third-order valence-corrected chi connectivity index (χ3v) is 6.08. The van der Waals surface area contributed by atoms with E-state index in [0.717, 1.165) is 47.1 Å². The maximum absolute atomic E-state index is 12.2. The van der Waals surface area contributed by atoms with Crippen LogP contribution in [0.3, 0.4) is 0 Å². The van der Waals surface area contributed by atoms with E-state index in [-0.39, 0.29) is 11.9 Å². The lowest BCUT2D eigenvalue weighted by molar-refractivity contribution is 0.0537. The molecule has 0 fully saturated rings. The van der Waals surface area contributed by atoms with Crippen LogP contribution in [0, 0.1) is 11.3 Å². The lowest BCUT2D eigenvalue weighted by atomic mass is 9.86. The zero-order valence-corrected chi connectivity index (χ0v) is 18.2. The van der Waals surface area contributed by atoms with Crippen LogP contribution in [-0.4, -0.2) is 23.2 Å². The number of aryl methyl sites for hydroxylation is 1. The van der Waals surface area contributed by atoms with Gasteiger partial charge in [0.2, 0.25) is 0 Å². The number of amides is 1. The Labute approximate surface area is 191 Å². The Morgan fingerprint density at radius 2 is 2.09 bits per heavy atom. The summed E-state index contributed by atoms with van der Waals surface area (Å²) in [5.74, 6) is -0.308. The van der Waals surface area contributed by atoms with Crippen molar-refractivity contribution in [3.63, 3.8) is 0 Å². The normalized spacial score (nSPS) is 15.0. The molecule has 1 heterocycles. The Morgan fingerprint density at radius 3 is 2.94 bits per heavy atom. The van der Waals surface area contributed by atoms with Crippen LogP contribution >= 0.6 is 0 Å². The summed E-state index contributed by atoms with van der Waals surface area (Å²) >= 11 is 0. The zero-order valence-electron chi connectivity index (χ0n) is 18.2. The highest BCUT2D eigenvalue weighted by atomic mass is 16.6. The number of benzene rings is 3. The van der Waals surface area contributed by atoms with Crippen LogP contribution in [0.5, 0.6) is 0 Å². The van der Waals surface area contributed by atoms with Gasteiger partial charge < -0.3 is 5.32 Å². The number of fused-ring (bicyclic) bond motifs is 2. The fourth-order valence-electron chi connectivity index (χ4n) is 4.52. The van der Waals surface area contributed by atoms with E-state index in [2.05, 4.69) is 39.2 Å². The van der Waals surface area contributed by atoms with Crippen LogP contribution in [0.15, 0.2) is 60.7 Å². The van der Waals surface area contributed by atoms with Gasteiger partial charge in [-0.25, -0.2) is 5.48 Å². The first-order valence-electron chi connectivity index (χ1n) is 10.9. The van der Waals surface area contributed by atoms with Crippen molar-refractivity contribution in [1.29, 1.82) is 5.26 Å². The monoisotopic (exact) mass is 437 g/mol. The fourth-order valence-corrected chi connectivity index (χ4v) is 4.52. The lowest BCUT2D eigenvalue weighted by Crippen LogP contribution is -2.21. The van der Waals surface area contributed by atoms with Crippen molar-refractivity contribution in [3.05, 3.63) is 82.9 Å². The minimum Gasteiger partial charge on any atom is -0.378 e. The van der Waals surface area contributed by atoms with Crippen molar-refractivity contribution in [2.45, 2.75) is 25.3 Å². The van der Waals surface area contributed by atoms with Gasteiger partial charge in [0.05, 0.1) is 36.0 Å². The van der Waals surface area contributed by atoms with E-state index in [1.807, 2.05) is 36.4 Å². The number of aromatic amines is 1. The summed E-state index contributed by atoms with van der Waals surface area (Å²) in [7, 11) is 1.41. The van der Waals surface area contributed by atoms with Gasteiger partial charge in [0.15, 0.2) is 0 Å². The lowest BCUT2D eigenvalue weighted by Gasteiger charge is -2.27. The number of aromatic nitrogens is 2. The Morgan fingerprint density at radius 1 is 1.18 bits per heavy atom. The molecule has 3 N–H and O–H groups in total. The number of rotatable bonds is 5. The number of carbonyl (C=O) groups is 1. The summed E-state index contributed by atoms with van der Waals surface area (Å²) in [6, 6.07) is 21.8. The third-order valence-electron chi connectivity index (χ3n) is 6.08. The van der Waals surface area contributed by atoms with Crippen LogP contribution in [-0.2, 0) is 11.3 Å². The molecule has 1 unspecified atom stereocenters. The van der Waals surface area contributed by atoms with E-state index >= 15 is 0 Å². The molecule has 1 atom stereocenters. The molecule has 1 aromatic heterocycles. The molecule has 33 heavy (non-hydrogen) atoms. The number of nitrogens with one attached hydrogen (secondary N) is 3. The van der Waals surface area contributed by atoms with Crippen molar-refractivity contribution in [3.8, 4) is 17.3 Å². The number of hydroxylamine groups is 1. The topological polar surface area (TPSA) is 103 Å². The van der Waals surface area contributed by atoms with Gasteiger partial charge in [0, 0.05) is 22.2 Å². The molecule has 0 aliphatic heterocycles. The average molecular weight is 438 g/mol. The van der Waals surface area contributed by atoms with E-state index in [1.54, 1.807) is 12.1 Å². The molecule has 1 aliphatic carbocycles. The van der Waals surface area contributed by atoms with Gasteiger partial charge in [-0.15, -0.1) is 0 Å². The maximum atomic E-state index is 12.2. The van der Waals surface area contributed by atoms with Crippen LogP contribution < -0.4 is 10.8 Å². The number of nitrogens with zero attached hydrogens (tertiary/aromatic N) is 2. The van der Waals surface area contributed by atoms with Gasteiger partial charge in [-0.05, 0) is 72.9 Å². The molecule has 7 nitrogen and oxygen atoms in total. The molecule has 1 aliphatic rings. The Hall–Kier alpha value is -4.15. The molecule has 1 amide bonds. The van der Waals surface area contributed by atoms with Gasteiger partial charge in [-0.3, -0.25) is 14.7 Å². The second kappa shape index (κ2) is 8.77. The van der Waals surface area contributed by atoms with Crippen molar-refractivity contribution in [1.82, 2.24) is 15.7 Å². The summed E-state index contributed by atoms with van der Waals surface area (Å²) < 4.78 is 0. The number of hydrogen-bond acceptors (Lipinski definition) is 5. The Balaban J connectivity index is 1.46. The van der Waals surface area contributed by atoms with Crippen LogP contribution in [0.1, 0.15) is 45.9 Å². The van der Waals surface area contributed by atoms with Gasteiger partial charge in [0.1, 0.15) is 0 Å². The highest BCUT2D eigenvalue weighted by Gasteiger charge is 2.21. The number of carbonyl (C=O) groups excluding carboxylic acids is 1. The van der Waals surface area contributed by atoms with Crippen LogP contribution in [0.25, 0.3) is 22.2 Å². The van der Waals surface area contributed by atoms with Gasteiger partial charge in [-0.1, -0.05) is 18.2 Å². The predicted octanol–water partition coefficient (Wildman–Crippen LogP) is 4.88. The van der Waals surface area contributed by atoms with Crippen molar-refractivity contribution >= 4 is 22.5 Å². The molecule has 164 valence electrons. The highest BCUT2D eigenvalue weighted by Crippen LogP contribution is 2.35. The molecule has 0 saturated heterocycles. The van der Waals surface area contributed by atoms with E-state index in [0.29, 0.717) is 11.1 Å². The van der Waals surface area contributed by atoms with E-state index < -0.39 is 0 Å². The molecule has 5 rings (SSSR count). The first-order chi connectivity index (χ1) is 16.2. The van der Waals surface area contributed by atoms with Gasteiger partial charge in [-0.2, -0.15) is 10.4 Å². The maximum Gasteiger partial charge on any atom is 0.274 e. The molecular formula is C26H23N5O2. The summed E-state index contributed by atoms with van der Waals surface area (Å²) in [5.41, 5.74) is 9.59. The van der Waals surface area contributed by atoms with Crippen LogP contribution in [0.2, 0.25) is 0 Å². The summed E-state index contributed by atoms with van der Waals surface area (Å²) in [5, 5.41) is 21.5. The smallest absolute Gasteiger partial charge is 0.274 e. The zero-order chi connectivity index (χ0) is 22.8. The summed E-state index contributed by atoms with van der Waals surface area (Å²) in [6.07, 6.45) is 3.11. The quantitative estimate of drug-likeness (QED) is 0.386. The molecule has 3 aromatic carbocycles. The predicted molar refractivity (Wildman–Crippen MR) is 126 cm³/mol. The summed E-state index contributed by atoms with van der Waals surface area (Å²) in [6.45, 7) is 0. The first-order valence-corrected chi connectivity index (χ1v) is 10.9. The minimum atomic E-state index is -0.308. The van der Waals surface area contributed by atoms with Crippen LogP contribution in [0.4, 0.5) is 5.69 Å². The number of hydrogen-bond donors (Lipinski definition) is 3. The van der Waals surface area contributed by atoms with Gasteiger partial charge >= 0.3 is 0 Å². The molecule has 0 radical (unpaired) electrons. The Bertz CT molecular complexity index is 1390. The molecule has 4 aromatic rings. The van der Waals surface area contributed by atoms with E-state index in [9.17, 15) is 10.1 Å². The fraction of sp³-hybridized carbons (Fsp3) is 0.192. The van der Waals surface area contributed by atoms with Crippen molar-refractivity contribution < 1.29 is 9.63 Å². The minimum absolute atomic E-state index is 0.190. The SMILES string of the molecule is CONC(=O)c1cccc(-c2n[nH]c3ccc(NC4CCCc5cc(C#N)ccc54)cc23)c1. The Kier molecular flexibility index (Phi) is 5.51. The highest BCUT2D eigenvalue weighted by molar-refractivity contribution is 5.98. The molecule has 0 spiro atoms. The van der Waals surface area contributed by atoms with Crippen molar-refractivity contribution in [2.75, 3.05) is 12.4 Å². The molecule has 7 heteroatoms. The number of nitriles is 1. The molecule has 0 bridgehead atoms. The van der Waals surface area contributed by atoms with Crippen molar-refractivity contribution in [2.24, 2.45) is 0 Å². The number of H-pyrrole nitrogens is 1. The molecule has 0 saturated carbocycles.